The fourth-order valence-corrected chi connectivity index (χ4v) is 3.41. The molecule has 0 saturated carbocycles. The molecular weight excluding hydrogens is 397 g/mol. The quantitative estimate of drug-likeness (QED) is 0.451. The van der Waals surface area contributed by atoms with Crippen LogP contribution >= 0.6 is 35.7 Å². The lowest BCUT2D eigenvalue weighted by molar-refractivity contribution is 0.375. The van der Waals surface area contributed by atoms with E-state index < -0.39 is 0 Å². The van der Waals surface area contributed by atoms with Crippen LogP contribution in [0.3, 0.4) is 0 Å². The lowest BCUT2D eigenvalue weighted by Crippen LogP contribution is -2.50. The molecule has 1 N–H and O–H groups in total. The highest BCUT2D eigenvalue weighted by Crippen LogP contribution is 2.29. The number of aromatic nitrogens is 2. The Labute approximate surface area is 148 Å². The number of aryl methyl sites for hydroxylation is 1. The first kappa shape index (κ1) is 18.5. The smallest absolute Gasteiger partial charge is 0.194 e. The SMILES string of the molecule is CN=C(NCc1ccnc(C)n1)N1CCSC(C)(C)C1.I. The van der Waals surface area contributed by atoms with Gasteiger partial charge < -0.3 is 10.2 Å². The number of rotatable bonds is 2. The van der Waals surface area contributed by atoms with E-state index in [9.17, 15) is 0 Å². The summed E-state index contributed by atoms with van der Waals surface area (Å²) in [5.74, 6) is 2.89. The summed E-state index contributed by atoms with van der Waals surface area (Å²) < 4.78 is 0.279. The number of guanidine groups is 1. The van der Waals surface area contributed by atoms with Crippen molar-refractivity contribution in [3.05, 3.63) is 23.8 Å². The average Bonchev–Trinajstić information content (AvgIpc) is 2.38. The molecule has 5 nitrogen and oxygen atoms in total. The van der Waals surface area contributed by atoms with Gasteiger partial charge in [0.05, 0.1) is 12.2 Å². The molecule has 2 rings (SSSR count). The molecular formula is C14H24IN5S. The highest BCUT2D eigenvalue weighted by Gasteiger charge is 2.28. The van der Waals surface area contributed by atoms with Crippen LogP contribution < -0.4 is 5.32 Å². The summed E-state index contributed by atoms with van der Waals surface area (Å²) >= 11 is 2.02. The van der Waals surface area contributed by atoms with E-state index in [1.165, 1.54) is 0 Å². The van der Waals surface area contributed by atoms with Crippen molar-refractivity contribution in [2.24, 2.45) is 4.99 Å². The highest BCUT2D eigenvalue weighted by molar-refractivity contribution is 14.0. The zero-order chi connectivity index (χ0) is 14.6. The van der Waals surface area contributed by atoms with Gasteiger partial charge in [-0.15, -0.1) is 24.0 Å². The van der Waals surface area contributed by atoms with E-state index in [1.54, 1.807) is 6.20 Å². The first-order chi connectivity index (χ1) is 9.50. The van der Waals surface area contributed by atoms with Gasteiger partial charge >= 0.3 is 0 Å². The Morgan fingerprint density at radius 3 is 2.90 bits per heavy atom. The van der Waals surface area contributed by atoms with E-state index in [0.29, 0.717) is 6.54 Å². The van der Waals surface area contributed by atoms with Gasteiger partial charge in [0.15, 0.2) is 5.96 Å². The number of thioether (sulfide) groups is 1. The summed E-state index contributed by atoms with van der Waals surface area (Å²) in [6.07, 6.45) is 1.79. The zero-order valence-electron chi connectivity index (χ0n) is 13.1. The summed E-state index contributed by atoms with van der Waals surface area (Å²) in [4.78, 5) is 15.2. The molecule has 0 atom stereocenters. The molecule has 2 heterocycles. The Hall–Kier alpha value is -0.570. The third kappa shape index (κ3) is 5.61. The minimum absolute atomic E-state index is 0. The third-order valence-electron chi connectivity index (χ3n) is 3.20. The van der Waals surface area contributed by atoms with Crippen molar-refractivity contribution in [1.82, 2.24) is 20.2 Å². The average molecular weight is 421 g/mol. The van der Waals surface area contributed by atoms with Crippen LogP contribution in [0.5, 0.6) is 0 Å². The Morgan fingerprint density at radius 1 is 1.52 bits per heavy atom. The fourth-order valence-electron chi connectivity index (χ4n) is 2.30. The molecule has 0 unspecified atom stereocenters. The minimum atomic E-state index is 0. The van der Waals surface area contributed by atoms with E-state index in [2.05, 4.69) is 39.0 Å². The lowest BCUT2D eigenvalue weighted by Gasteiger charge is -2.39. The van der Waals surface area contributed by atoms with Crippen LogP contribution in [0.25, 0.3) is 0 Å². The zero-order valence-corrected chi connectivity index (χ0v) is 16.2. The summed E-state index contributed by atoms with van der Waals surface area (Å²) in [7, 11) is 1.84. The predicted octanol–water partition coefficient (Wildman–Crippen LogP) is 2.31. The molecule has 1 aromatic heterocycles. The topological polar surface area (TPSA) is 53.4 Å². The fraction of sp³-hybridized carbons (Fsp3) is 0.643. The van der Waals surface area contributed by atoms with Crippen LogP contribution in [-0.2, 0) is 6.54 Å². The molecule has 21 heavy (non-hydrogen) atoms. The van der Waals surface area contributed by atoms with Crippen molar-refractivity contribution in [3.63, 3.8) is 0 Å². The van der Waals surface area contributed by atoms with Crippen molar-refractivity contribution in [2.75, 3.05) is 25.9 Å². The Bertz CT molecular complexity index is 492. The summed E-state index contributed by atoms with van der Waals surface area (Å²) in [6.45, 7) is 9.20. The number of aliphatic imine (C=N–C) groups is 1. The maximum atomic E-state index is 4.40. The largest absolute Gasteiger partial charge is 0.351 e. The number of hydrogen-bond donors (Lipinski definition) is 1. The molecule has 0 bridgehead atoms. The Kier molecular flexibility index (Phi) is 7.19. The second kappa shape index (κ2) is 8.17. The molecule has 0 spiro atoms. The molecule has 0 aromatic carbocycles. The van der Waals surface area contributed by atoms with Gasteiger partial charge in [0.2, 0.25) is 0 Å². The van der Waals surface area contributed by atoms with Crippen molar-refractivity contribution in [3.8, 4) is 0 Å². The van der Waals surface area contributed by atoms with Crippen molar-refractivity contribution in [1.29, 1.82) is 0 Å². The Morgan fingerprint density at radius 2 is 2.29 bits per heavy atom. The summed E-state index contributed by atoms with van der Waals surface area (Å²) in [6, 6.07) is 1.93. The standard InChI is InChI=1S/C14H23N5S.HI/c1-11-16-6-5-12(18-11)9-17-13(15-4)19-7-8-20-14(2,3)10-19;/h5-6H,7-10H2,1-4H3,(H,15,17);1H. The molecule has 1 saturated heterocycles. The van der Waals surface area contributed by atoms with Gasteiger partial charge in [-0.2, -0.15) is 11.8 Å². The highest BCUT2D eigenvalue weighted by atomic mass is 127. The van der Waals surface area contributed by atoms with E-state index in [0.717, 1.165) is 36.3 Å². The number of hydrogen-bond acceptors (Lipinski definition) is 4. The molecule has 0 aliphatic carbocycles. The van der Waals surface area contributed by atoms with Gasteiger partial charge in [-0.3, -0.25) is 4.99 Å². The van der Waals surface area contributed by atoms with Crippen LogP contribution in [0.1, 0.15) is 25.4 Å². The second-order valence-electron chi connectivity index (χ2n) is 5.53. The van der Waals surface area contributed by atoms with Crippen molar-refractivity contribution in [2.45, 2.75) is 32.1 Å². The van der Waals surface area contributed by atoms with Gasteiger partial charge in [0.25, 0.3) is 0 Å². The predicted molar refractivity (Wildman–Crippen MR) is 100 cm³/mol. The van der Waals surface area contributed by atoms with Gasteiger partial charge in [-0.25, -0.2) is 9.97 Å². The van der Waals surface area contributed by atoms with Gasteiger partial charge in [-0.1, -0.05) is 0 Å². The lowest BCUT2D eigenvalue weighted by atomic mass is 10.2. The minimum Gasteiger partial charge on any atom is -0.351 e. The van der Waals surface area contributed by atoms with E-state index in [-0.39, 0.29) is 28.7 Å². The molecule has 1 aliphatic heterocycles. The van der Waals surface area contributed by atoms with Gasteiger partial charge in [0.1, 0.15) is 5.82 Å². The van der Waals surface area contributed by atoms with Gasteiger partial charge in [-0.05, 0) is 26.8 Å². The Balaban J connectivity index is 0.00000220. The van der Waals surface area contributed by atoms with Crippen LogP contribution in [0.2, 0.25) is 0 Å². The molecule has 1 fully saturated rings. The van der Waals surface area contributed by atoms with Crippen molar-refractivity contribution >= 4 is 41.7 Å². The summed E-state index contributed by atoms with van der Waals surface area (Å²) in [5, 5.41) is 3.40. The van der Waals surface area contributed by atoms with Crippen molar-refractivity contribution < 1.29 is 0 Å². The molecule has 1 aromatic rings. The molecule has 118 valence electrons. The maximum absolute atomic E-state index is 4.40. The second-order valence-corrected chi connectivity index (χ2v) is 7.33. The molecule has 7 heteroatoms. The monoisotopic (exact) mass is 421 g/mol. The van der Waals surface area contributed by atoms with Gasteiger partial charge in [0, 0.05) is 36.8 Å². The normalized spacial score (nSPS) is 18.1. The number of nitrogens with one attached hydrogen (secondary N) is 1. The van der Waals surface area contributed by atoms with Crippen LogP contribution in [0.4, 0.5) is 0 Å². The first-order valence-electron chi connectivity index (χ1n) is 6.88. The summed E-state index contributed by atoms with van der Waals surface area (Å²) in [5.41, 5.74) is 0.990. The molecule has 0 amide bonds. The van der Waals surface area contributed by atoms with E-state index in [1.807, 2.05) is 31.8 Å². The first-order valence-corrected chi connectivity index (χ1v) is 7.87. The molecule has 0 radical (unpaired) electrons. The number of nitrogens with zero attached hydrogens (tertiary/aromatic N) is 4. The van der Waals surface area contributed by atoms with Crippen LogP contribution in [-0.4, -0.2) is 51.5 Å². The number of halogens is 1. The third-order valence-corrected chi connectivity index (χ3v) is 4.50. The van der Waals surface area contributed by atoms with Crippen LogP contribution in [0.15, 0.2) is 17.3 Å². The molecule has 1 aliphatic rings. The van der Waals surface area contributed by atoms with Crippen LogP contribution in [0, 0.1) is 6.92 Å². The van der Waals surface area contributed by atoms with E-state index in [4.69, 9.17) is 0 Å². The maximum Gasteiger partial charge on any atom is 0.194 e. The van der Waals surface area contributed by atoms with E-state index >= 15 is 0 Å².